The van der Waals surface area contributed by atoms with Gasteiger partial charge < -0.3 is 9.67 Å². The summed E-state index contributed by atoms with van der Waals surface area (Å²) in [7, 11) is 0. The summed E-state index contributed by atoms with van der Waals surface area (Å²) in [4.78, 5) is 15.6. The molecule has 0 aliphatic carbocycles. The van der Waals surface area contributed by atoms with Gasteiger partial charge in [0, 0.05) is 28.2 Å². The van der Waals surface area contributed by atoms with Gasteiger partial charge in [0.05, 0.1) is 5.69 Å². The summed E-state index contributed by atoms with van der Waals surface area (Å²) in [6.45, 7) is -0.0785. The molecule has 4 nitrogen and oxygen atoms in total. The molecule has 2 heterocycles. The number of rotatable bonds is 4. The van der Waals surface area contributed by atoms with Gasteiger partial charge in [-0.2, -0.15) is 0 Å². The number of hydrogen-bond acceptors (Lipinski definition) is 3. The van der Waals surface area contributed by atoms with Gasteiger partial charge in [0.2, 0.25) is 0 Å². The first-order valence-electron chi connectivity index (χ1n) is 7.63. The lowest BCUT2D eigenvalue weighted by molar-refractivity contribution is -0.137. The molecule has 0 spiro atoms. The summed E-state index contributed by atoms with van der Waals surface area (Å²) in [6.07, 6.45) is 1.77. The number of carboxylic acid groups (broad SMARTS) is 1. The molecule has 0 saturated heterocycles. The van der Waals surface area contributed by atoms with Crippen LogP contribution in [-0.4, -0.2) is 20.6 Å². The van der Waals surface area contributed by atoms with Crippen LogP contribution in [0.15, 0.2) is 60.1 Å². The van der Waals surface area contributed by atoms with Crippen LogP contribution < -0.4 is 0 Å². The van der Waals surface area contributed by atoms with Crippen molar-refractivity contribution in [1.29, 1.82) is 0 Å². The number of carboxylic acids is 1. The normalized spacial score (nSPS) is 11.1. The molecule has 4 aromatic rings. The zero-order valence-electron chi connectivity index (χ0n) is 13.0. The van der Waals surface area contributed by atoms with E-state index in [-0.39, 0.29) is 12.4 Å². The standard InChI is InChI=1S/C19H13FN2O2S/c20-15-5-3-13(4-6-15)19-21-16(11-25-19)14-2-1-12-7-8-22(10-18(23)24)17(12)9-14/h1-9,11H,10H2,(H,23,24). The van der Waals surface area contributed by atoms with E-state index in [1.165, 1.54) is 23.5 Å². The molecule has 124 valence electrons. The predicted octanol–water partition coefficient (Wildman–Crippen LogP) is 4.66. The van der Waals surface area contributed by atoms with Crippen LogP contribution >= 0.6 is 11.3 Å². The molecule has 0 saturated carbocycles. The Labute approximate surface area is 146 Å². The van der Waals surface area contributed by atoms with E-state index in [1.54, 1.807) is 22.9 Å². The third kappa shape index (κ3) is 3.04. The molecular formula is C19H13FN2O2S. The summed E-state index contributed by atoms with van der Waals surface area (Å²) in [5, 5.41) is 12.8. The van der Waals surface area contributed by atoms with Crippen molar-refractivity contribution in [2.75, 3.05) is 0 Å². The van der Waals surface area contributed by atoms with E-state index in [4.69, 9.17) is 5.11 Å². The minimum absolute atomic E-state index is 0.0785. The van der Waals surface area contributed by atoms with Crippen LogP contribution in [0, 0.1) is 5.82 Å². The smallest absolute Gasteiger partial charge is 0.323 e. The van der Waals surface area contributed by atoms with E-state index >= 15 is 0 Å². The highest BCUT2D eigenvalue weighted by atomic mass is 32.1. The van der Waals surface area contributed by atoms with Gasteiger partial charge in [0.15, 0.2) is 0 Å². The van der Waals surface area contributed by atoms with Gasteiger partial charge in [0.1, 0.15) is 17.4 Å². The lowest BCUT2D eigenvalue weighted by Crippen LogP contribution is -2.07. The largest absolute Gasteiger partial charge is 0.480 e. The van der Waals surface area contributed by atoms with E-state index in [1.807, 2.05) is 29.6 Å². The van der Waals surface area contributed by atoms with Crippen LogP contribution in [0.25, 0.3) is 32.7 Å². The summed E-state index contributed by atoms with van der Waals surface area (Å²) in [5.41, 5.74) is 3.46. The molecule has 25 heavy (non-hydrogen) atoms. The molecular weight excluding hydrogens is 339 g/mol. The molecule has 0 amide bonds. The van der Waals surface area contributed by atoms with Crippen LogP contribution in [0.5, 0.6) is 0 Å². The minimum Gasteiger partial charge on any atom is -0.480 e. The molecule has 2 aromatic carbocycles. The topological polar surface area (TPSA) is 55.1 Å². The third-order valence-corrected chi connectivity index (χ3v) is 4.86. The zero-order valence-corrected chi connectivity index (χ0v) is 13.8. The molecule has 0 atom stereocenters. The van der Waals surface area contributed by atoms with Gasteiger partial charge in [-0.05, 0) is 41.8 Å². The van der Waals surface area contributed by atoms with Crippen molar-refractivity contribution in [3.8, 4) is 21.8 Å². The van der Waals surface area contributed by atoms with Crippen LogP contribution in [-0.2, 0) is 11.3 Å². The number of aliphatic carboxylic acids is 1. The monoisotopic (exact) mass is 352 g/mol. The maximum Gasteiger partial charge on any atom is 0.323 e. The highest BCUT2D eigenvalue weighted by molar-refractivity contribution is 7.13. The first-order valence-corrected chi connectivity index (χ1v) is 8.51. The van der Waals surface area contributed by atoms with Crippen LogP contribution in [0.2, 0.25) is 0 Å². The highest BCUT2D eigenvalue weighted by Gasteiger charge is 2.10. The Kier molecular flexibility index (Phi) is 3.82. The molecule has 1 N–H and O–H groups in total. The van der Waals surface area contributed by atoms with Crippen molar-refractivity contribution < 1.29 is 14.3 Å². The molecule has 0 aliphatic rings. The number of carbonyl (C=O) groups is 1. The number of hydrogen-bond donors (Lipinski definition) is 1. The fraction of sp³-hybridized carbons (Fsp3) is 0.0526. The molecule has 0 fully saturated rings. The Bertz CT molecular complexity index is 1070. The van der Waals surface area contributed by atoms with Crippen LogP contribution in [0.1, 0.15) is 0 Å². The Morgan fingerprint density at radius 1 is 1.12 bits per heavy atom. The second-order valence-corrected chi connectivity index (χ2v) is 6.51. The second kappa shape index (κ2) is 6.14. The maximum atomic E-state index is 13.1. The third-order valence-electron chi connectivity index (χ3n) is 3.97. The van der Waals surface area contributed by atoms with E-state index in [2.05, 4.69) is 4.98 Å². The van der Waals surface area contributed by atoms with Crippen molar-refractivity contribution in [2.24, 2.45) is 0 Å². The number of thiazole rings is 1. The Morgan fingerprint density at radius 2 is 1.88 bits per heavy atom. The lowest BCUT2D eigenvalue weighted by Gasteiger charge is -2.03. The molecule has 4 rings (SSSR count). The van der Waals surface area contributed by atoms with Gasteiger partial charge in [-0.1, -0.05) is 12.1 Å². The van der Waals surface area contributed by atoms with Crippen molar-refractivity contribution in [3.05, 3.63) is 65.9 Å². The first kappa shape index (κ1) is 15.5. The molecule has 0 aliphatic heterocycles. The maximum absolute atomic E-state index is 13.1. The first-order chi connectivity index (χ1) is 12.1. The number of halogens is 1. The number of benzene rings is 2. The SMILES string of the molecule is O=C(O)Cn1ccc2ccc(-c3csc(-c4ccc(F)cc4)n3)cc21. The van der Waals surface area contributed by atoms with Crippen molar-refractivity contribution in [3.63, 3.8) is 0 Å². The van der Waals surface area contributed by atoms with Gasteiger partial charge >= 0.3 is 5.97 Å². The Morgan fingerprint density at radius 3 is 2.64 bits per heavy atom. The number of nitrogens with zero attached hydrogens (tertiary/aromatic N) is 2. The summed E-state index contributed by atoms with van der Waals surface area (Å²) >= 11 is 1.49. The van der Waals surface area contributed by atoms with Gasteiger partial charge in [-0.15, -0.1) is 11.3 Å². The zero-order chi connectivity index (χ0) is 17.4. The van der Waals surface area contributed by atoms with Crippen molar-refractivity contribution in [2.45, 2.75) is 6.54 Å². The van der Waals surface area contributed by atoms with E-state index in [9.17, 15) is 9.18 Å². The van der Waals surface area contributed by atoms with Crippen LogP contribution in [0.4, 0.5) is 4.39 Å². The minimum atomic E-state index is -0.879. The molecule has 2 aromatic heterocycles. The predicted molar refractivity (Wildman–Crippen MR) is 96.1 cm³/mol. The van der Waals surface area contributed by atoms with Crippen molar-refractivity contribution in [1.82, 2.24) is 9.55 Å². The van der Waals surface area contributed by atoms with E-state index < -0.39 is 5.97 Å². The number of fused-ring (bicyclic) bond motifs is 1. The molecule has 0 radical (unpaired) electrons. The molecule has 6 heteroatoms. The average Bonchev–Trinajstić information content (AvgIpc) is 3.22. The summed E-state index contributed by atoms with van der Waals surface area (Å²) in [5.74, 6) is -1.15. The fourth-order valence-electron chi connectivity index (χ4n) is 2.76. The van der Waals surface area contributed by atoms with Crippen molar-refractivity contribution >= 4 is 28.2 Å². The van der Waals surface area contributed by atoms with Crippen LogP contribution in [0.3, 0.4) is 0 Å². The highest BCUT2D eigenvalue weighted by Crippen LogP contribution is 2.30. The van der Waals surface area contributed by atoms with Gasteiger partial charge in [0.25, 0.3) is 0 Å². The quantitative estimate of drug-likeness (QED) is 0.581. The average molecular weight is 352 g/mol. The fourth-order valence-corrected chi connectivity index (χ4v) is 3.59. The lowest BCUT2D eigenvalue weighted by atomic mass is 10.1. The Hall–Kier alpha value is -2.99. The van der Waals surface area contributed by atoms with E-state index in [0.717, 1.165) is 32.7 Å². The molecule has 0 unspecified atom stereocenters. The second-order valence-electron chi connectivity index (χ2n) is 5.66. The van der Waals surface area contributed by atoms with E-state index in [0.29, 0.717) is 0 Å². The summed E-state index contributed by atoms with van der Waals surface area (Å²) in [6, 6.07) is 14.0. The van der Waals surface area contributed by atoms with Gasteiger partial charge in [-0.3, -0.25) is 4.79 Å². The summed E-state index contributed by atoms with van der Waals surface area (Å²) < 4.78 is 14.8. The Balaban J connectivity index is 1.72. The molecule has 0 bridgehead atoms. The number of aromatic nitrogens is 2. The van der Waals surface area contributed by atoms with Gasteiger partial charge in [-0.25, -0.2) is 9.37 Å².